The van der Waals surface area contributed by atoms with Gasteiger partial charge in [-0.15, -0.1) is 10.2 Å². The summed E-state index contributed by atoms with van der Waals surface area (Å²) >= 11 is 1.28. The molecular weight excluding hydrogens is 342 g/mol. The predicted octanol–water partition coefficient (Wildman–Crippen LogP) is 1.74. The maximum Gasteiger partial charge on any atom is 0.254 e. The van der Waals surface area contributed by atoms with Crippen LogP contribution in [0.1, 0.15) is 41.6 Å². The van der Waals surface area contributed by atoms with Crippen LogP contribution in [0.5, 0.6) is 0 Å². The van der Waals surface area contributed by atoms with E-state index in [1.165, 1.54) is 11.3 Å². The molecular formula is C16H17N5O3S. The fraction of sp³-hybridized carbons (Fsp3) is 0.312. The molecule has 3 amide bonds. The standard InChI is InChI=1S/C16H17N5O3S/c1-8(2)15-20-21-16(25-15)19-12(22)7-11-14(24)17-10-6-4-3-5-9(10)13(23)18-11/h3-6,8,11H,7H2,1-2H3,(H,17,24)(H,18,23)(H,19,21,22). The number of anilines is 2. The summed E-state index contributed by atoms with van der Waals surface area (Å²) in [5, 5.41) is 16.9. The summed E-state index contributed by atoms with van der Waals surface area (Å²) in [4.78, 5) is 36.7. The average molecular weight is 359 g/mol. The van der Waals surface area contributed by atoms with Gasteiger partial charge in [0.1, 0.15) is 11.0 Å². The van der Waals surface area contributed by atoms with E-state index in [4.69, 9.17) is 0 Å². The summed E-state index contributed by atoms with van der Waals surface area (Å²) in [5.41, 5.74) is 0.795. The van der Waals surface area contributed by atoms with Crippen LogP contribution < -0.4 is 16.0 Å². The summed E-state index contributed by atoms with van der Waals surface area (Å²) < 4.78 is 0. The van der Waals surface area contributed by atoms with Gasteiger partial charge in [-0.25, -0.2) is 0 Å². The minimum absolute atomic E-state index is 0.192. The number of amides is 3. The lowest BCUT2D eigenvalue weighted by Gasteiger charge is -2.13. The Labute approximate surface area is 148 Å². The van der Waals surface area contributed by atoms with Crippen molar-refractivity contribution >= 4 is 39.9 Å². The molecule has 1 unspecified atom stereocenters. The van der Waals surface area contributed by atoms with E-state index < -0.39 is 23.8 Å². The number of nitrogens with one attached hydrogen (secondary N) is 3. The minimum Gasteiger partial charge on any atom is -0.340 e. The number of rotatable bonds is 4. The molecule has 0 fully saturated rings. The number of aromatic nitrogens is 2. The van der Waals surface area contributed by atoms with Crippen LogP contribution in [0.15, 0.2) is 24.3 Å². The van der Waals surface area contributed by atoms with Gasteiger partial charge in [-0.05, 0) is 12.1 Å². The number of fused-ring (bicyclic) bond motifs is 1. The lowest BCUT2D eigenvalue weighted by atomic mass is 10.1. The highest BCUT2D eigenvalue weighted by atomic mass is 32.1. The molecule has 9 heteroatoms. The van der Waals surface area contributed by atoms with E-state index in [1.807, 2.05) is 13.8 Å². The summed E-state index contributed by atoms with van der Waals surface area (Å²) in [6.45, 7) is 3.96. The molecule has 1 aliphatic heterocycles. The molecule has 1 aromatic carbocycles. The smallest absolute Gasteiger partial charge is 0.254 e. The first-order valence-corrected chi connectivity index (χ1v) is 8.59. The van der Waals surface area contributed by atoms with Crippen molar-refractivity contribution in [2.45, 2.75) is 32.2 Å². The zero-order valence-electron chi connectivity index (χ0n) is 13.7. The fourth-order valence-corrected chi connectivity index (χ4v) is 3.09. The molecule has 3 N–H and O–H groups in total. The molecule has 25 heavy (non-hydrogen) atoms. The van der Waals surface area contributed by atoms with E-state index in [1.54, 1.807) is 24.3 Å². The SMILES string of the molecule is CC(C)c1nnc(NC(=O)CC2NC(=O)c3ccccc3NC2=O)s1. The molecule has 0 saturated carbocycles. The zero-order chi connectivity index (χ0) is 18.0. The van der Waals surface area contributed by atoms with Gasteiger partial charge >= 0.3 is 0 Å². The normalized spacial score (nSPS) is 16.7. The number of nitrogens with zero attached hydrogens (tertiary/aromatic N) is 2. The van der Waals surface area contributed by atoms with Crippen LogP contribution in [0, 0.1) is 0 Å². The summed E-state index contributed by atoms with van der Waals surface area (Å²) in [6.07, 6.45) is -0.192. The van der Waals surface area contributed by atoms with E-state index in [9.17, 15) is 14.4 Å². The number of hydrogen-bond acceptors (Lipinski definition) is 6. The van der Waals surface area contributed by atoms with Gasteiger partial charge in [0.05, 0.1) is 17.7 Å². The van der Waals surface area contributed by atoms with E-state index in [0.717, 1.165) is 5.01 Å². The Kier molecular flexibility index (Phi) is 4.75. The first-order chi connectivity index (χ1) is 11.9. The van der Waals surface area contributed by atoms with Crippen LogP contribution in [0.25, 0.3) is 0 Å². The Balaban J connectivity index is 1.67. The number of carbonyl (C=O) groups is 3. The van der Waals surface area contributed by atoms with Crippen molar-refractivity contribution in [2.24, 2.45) is 0 Å². The first-order valence-electron chi connectivity index (χ1n) is 7.78. The second-order valence-electron chi connectivity index (χ2n) is 5.91. The summed E-state index contributed by atoms with van der Waals surface area (Å²) in [7, 11) is 0. The van der Waals surface area contributed by atoms with Gasteiger partial charge in [-0.1, -0.05) is 37.3 Å². The van der Waals surface area contributed by atoms with Crippen LogP contribution in [0.2, 0.25) is 0 Å². The quantitative estimate of drug-likeness (QED) is 0.769. The largest absolute Gasteiger partial charge is 0.340 e. The Morgan fingerprint density at radius 2 is 2.04 bits per heavy atom. The van der Waals surface area contributed by atoms with Crippen LogP contribution in [-0.2, 0) is 9.59 Å². The Morgan fingerprint density at radius 3 is 2.76 bits per heavy atom. The van der Waals surface area contributed by atoms with Gasteiger partial charge in [0.2, 0.25) is 16.9 Å². The third-order valence-corrected chi connectivity index (χ3v) is 4.76. The molecule has 0 spiro atoms. The van der Waals surface area contributed by atoms with Gasteiger partial charge in [0.25, 0.3) is 5.91 Å². The Hall–Kier alpha value is -2.81. The van der Waals surface area contributed by atoms with Gasteiger partial charge in [-0.2, -0.15) is 0 Å². The topological polar surface area (TPSA) is 113 Å². The first kappa shape index (κ1) is 17.0. The molecule has 0 radical (unpaired) electrons. The van der Waals surface area contributed by atoms with Crippen molar-refractivity contribution in [2.75, 3.05) is 10.6 Å². The highest BCUT2D eigenvalue weighted by molar-refractivity contribution is 7.15. The van der Waals surface area contributed by atoms with Crippen LogP contribution in [0.4, 0.5) is 10.8 Å². The number of carbonyl (C=O) groups excluding carboxylic acids is 3. The molecule has 0 saturated heterocycles. The fourth-order valence-electron chi connectivity index (χ4n) is 2.33. The van der Waals surface area contributed by atoms with E-state index in [-0.39, 0.29) is 12.3 Å². The molecule has 2 heterocycles. The van der Waals surface area contributed by atoms with Crippen molar-refractivity contribution in [3.8, 4) is 0 Å². The number of benzene rings is 1. The second-order valence-corrected chi connectivity index (χ2v) is 6.92. The third-order valence-electron chi connectivity index (χ3n) is 3.62. The maximum absolute atomic E-state index is 12.3. The van der Waals surface area contributed by atoms with Crippen molar-refractivity contribution < 1.29 is 14.4 Å². The van der Waals surface area contributed by atoms with Gasteiger partial charge in [0.15, 0.2) is 0 Å². The van der Waals surface area contributed by atoms with Gasteiger partial charge in [-0.3, -0.25) is 14.4 Å². The average Bonchev–Trinajstić information content (AvgIpc) is 2.98. The summed E-state index contributed by atoms with van der Waals surface area (Å²) in [5.74, 6) is -1.04. The van der Waals surface area contributed by atoms with Crippen LogP contribution >= 0.6 is 11.3 Å². The van der Waals surface area contributed by atoms with Crippen LogP contribution in [-0.4, -0.2) is 34.0 Å². The van der Waals surface area contributed by atoms with E-state index in [2.05, 4.69) is 26.1 Å². The molecule has 1 aliphatic rings. The third kappa shape index (κ3) is 3.82. The van der Waals surface area contributed by atoms with Crippen molar-refractivity contribution in [1.82, 2.24) is 15.5 Å². The molecule has 0 bridgehead atoms. The number of hydrogen-bond donors (Lipinski definition) is 3. The van der Waals surface area contributed by atoms with Crippen molar-refractivity contribution in [3.05, 3.63) is 34.8 Å². The van der Waals surface area contributed by atoms with E-state index >= 15 is 0 Å². The van der Waals surface area contributed by atoms with Gasteiger partial charge < -0.3 is 16.0 Å². The molecule has 1 atom stereocenters. The molecule has 8 nitrogen and oxygen atoms in total. The maximum atomic E-state index is 12.3. The highest BCUT2D eigenvalue weighted by Crippen LogP contribution is 2.23. The predicted molar refractivity (Wildman–Crippen MR) is 93.6 cm³/mol. The molecule has 3 rings (SSSR count). The van der Waals surface area contributed by atoms with Crippen molar-refractivity contribution in [3.63, 3.8) is 0 Å². The molecule has 2 aromatic rings. The van der Waals surface area contributed by atoms with E-state index in [0.29, 0.717) is 16.4 Å². The second kappa shape index (κ2) is 6.98. The minimum atomic E-state index is -0.961. The molecule has 130 valence electrons. The lowest BCUT2D eigenvalue weighted by molar-refractivity contribution is -0.122. The lowest BCUT2D eigenvalue weighted by Crippen LogP contribution is -2.43. The Bertz CT molecular complexity index is 833. The molecule has 1 aromatic heterocycles. The molecule has 0 aliphatic carbocycles. The Morgan fingerprint density at radius 1 is 1.28 bits per heavy atom. The van der Waals surface area contributed by atoms with Crippen molar-refractivity contribution in [1.29, 1.82) is 0 Å². The highest BCUT2D eigenvalue weighted by Gasteiger charge is 2.29. The number of para-hydroxylation sites is 1. The van der Waals surface area contributed by atoms with Gasteiger partial charge in [0, 0.05) is 5.92 Å². The summed E-state index contributed by atoms with van der Waals surface area (Å²) in [6, 6.07) is 5.73. The van der Waals surface area contributed by atoms with Crippen LogP contribution in [0.3, 0.4) is 0 Å². The zero-order valence-corrected chi connectivity index (χ0v) is 14.5. The monoisotopic (exact) mass is 359 g/mol.